The fourth-order valence-electron chi connectivity index (χ4n) is 4.58. The number of carboxylic acid groups (broad SMARTS) is 2. The van der Waals surface area contributed by atoms with Crippen LogP contribution in [-0.4, -0.2) is 76.3 Å². The van der Waals surface area contributed by atoms with Crippen LogP contribution in [0.25, 0.3) is 0 Å². The Labute approximate surface area is 209 Å². The Hall–Kier alpha value is -3.37. The molecule has 1 unspecified atom stereocenters. The molecule has 2 amide bonds. The summed E-state index contributed by atoms with van der Waals surface area (Å²) in [6.45, 7) is 6.64. The lowest BCUT2D eigenvalue weighted by atomic mass is 9.87. The monoisotopic (exact) mass is 506 g/mol. The molecule has 3 atom stereocenters. The van der Waals surface area contributed by atoms with E-state index < -0.39 is 11.9 Å². The molecule has 3 rings (SSSR count). The van der Waals surface area contributed by atoms with Crippen molar-refractivity contribution >= 4 is 18.0 Å². The van der Waals surface area contributed by atoms with Crippen LogP contribution in [0.1, 0.15) is 43.7 Å². The fraction of sp³-hybridized carbons (Fsp3) is 0.423. The smallest absolute Gasteiger partial charge is 0.414 e. The molecule has 10 heteroatoms. The van der Waals surface area contributed by atoms with Gasteiger partial charge in [-0.25, -0.2) is 27.6 Å². The molecule has 0 aliphatic carbocycles. The van der Waals surface area contributed by atoms with Crippen LogP contribution in [0.15, 0.2) is 48.5 Å². The second-order valence-electron chi connectivity index (χ2n) is 9.39. The standard InChI is InChI=1S/C24H31F2N3O.C2H2O4/c1-17-16-29(3,24(27)30)18(2)15-28(17)14-4-5-23(19-6-10-21(25)11-7-19)20-8-12-22(26)13-9-20;3-1(4)2(5)6/h6-13,17-18,23H,4-5,14-16H2,1-3H3,(H-,27,30);(H,3,4)(H,5,6)/p+1/t17?,18-,29-;/m1./s1. The van der Waals surface area contributed by atoms with E-state index in [0.717, 1.165) is 37.1 Å². The molecule has 4 N–H and O–H groups in total. The number of quaternary nitrogens is 1. The molecular weight excluding hydrogens is 472 g/mol. The first kappa shape index (κ1) is 28.9. The van der Waals surface area contributed by atoms with Crippen molar-refractivity contribution < 1.29 is 37.9 Å². The maximum atomic E-state index is 13.4. The Kier molecular flexibility index (Phi) is 10.1. The van der Waals surface area contributed by atoms with E-state index in [1.165, 1.54) is 24.3 Å². The molecule has 1 fully saturated rings. The van der Waals surface area contributed by atoms with Crippen LogP contribution in [0.5, 0.6) is 0 Å². The van der Waals surface area contributed by atoms with Gasteiger partial charge in [-0.1, -0.05) is 24.3 Å². The summed E-state index contributed by atoms with van der Waals surface area (Å²) < 4.78 is 27.1. The molecule has 1 aliphatic heterocycles. The highest BCUT2D eigenvalue weighted by Gasteiger charge is 2.43. The summed E-state index contributed by atoms with van der Waals surface area (Å²) in [4.78, 5) is 32.5. The molecule has 1 aliphatic rings. The average molecular weight is 507 g/mol. The van der Waals surface area contributed by atoms with Crippen LogP contribution in [0.3, 0.4) is 0 Å². The van der Waals surface area contributed by atoms with Crippen molar-refractivity contribution in [2.45, 2.75) is 44.7 Å². The van der Waals surface area contributed by atoms with E-state index >= 15 is 0 Å². The molecule has 196 valence electrons. The maximum absolute atomic E-state index is 13.4. The van der Waals surface area contributed by atoms with Gasteiger partial charge in [-0.15, -0.1) is 0 Å². The first-order valence-electron chi connectivity index (χ1n) is 11.7. The molecule has 0 saturated carbocycles. The summed E-state index contributed by atoms with van der Waals surface area (Å²) in [5.41, 5.74) is 7.71. The number of likely N-dealkylation sites (N-methyl/N-ethyl adjacent to an activating group) is 1. The van der Waals surface area contributed by atoms with Crippen molar-refractivity contribution in [3.05, 3.63) is 71.3 Å². The number of aliphatic carboxylic acids is 2. The van der Waals surface area contributed by atoms with Crippen molar-refractivity contribution in [3.8, 4) is 0 Å². The van der Waals surface area contributed by atoms with Gasteiger partial charge < -0.3 is 15.9 Å². The van der Waals surface area contributed by atoms with E-state index in [2.05, 4.69) is 18.7 Å². The number of piperazine rings is 1. The number of nitrogens with zero attached hydrogens (tertiary/aromatic N) is 2. The molecule has 8 nitrogen and oxygen atoms in total. The van der Waals surface area contributed by atoms with Crippen LogP contribution in [0, 0.1) is 11.6 Å². The molecule has 2 aromatic carbocycles. The van der Waals surface area contributed by atoms with Crippen molar-refractivity contribution in [2.24, 2.45) is 5.73 Å². The minimum Gasteiger partial charge on any atom is -0.473 e. The summed E-state index contributed by atoms with van der Waals surface area (Å²) in [6, 6.07) is 13.3. The first-order chi connectivity index (χ1) is 16.8. The number of hydrogen-bond acceptors (Lipinski definition) is 4. The van der Waals surface area contributed by atoms with Gasteiger partial charge in [-0.2, -0.15) is 0 Å². The number of carboxylic acids is 2. The third-order valence-electron chi connectivity index (χ3n) is 6.91. The van der Waals surface area contributed by atoms with Gasteiger partial charge >= 0.3 is 18.0 Å². The summed E-state index contributed by atoms with van der Waals surface area (Å²) in [5.74, 6) is -4.09. The van der Waals surface area contributed by atoms with Gasteiger partial charge in [0, 0.05) is 5.92 Å². The minimum absolute atomic E-state index is 0.0791. The molecule has 1 saturated heterocycles. The Morgan fingerprint density at radius 1 is 0.972 bits per heavy atom. The molecular formula is C26H34F2N3O5+. The first-order valence-corrected chi connectivity index (χ1v) is 11.7. The third kappa shape index (κ3) is 7.56. The molecule has 36 heavy (non-hydrogen) atoms. The van der Waals surface area contributed by atoms with E-state index in [1.54, 1.807) is 0 Å². The third-order valence-corrected chi connectivity index (χ3v) is 6.91. The molecule has 2 aromatic rings. The van der Waals surface area contributed by atoms with E-state index in [-0.39, 0.29) is 40.2 Å². The van der Waals surface area contributed by atoms with Gasteiger partial charge in [-0.05, 0) is 68.6 Å². The van der Waals surface area contributed by atoms with Gasteiger partial charge in [-0.3, -0.25) is 4.90 Å². The quantitative estimate of drug-likeness (QED) is 0.406. The number of hydrogen-bond donors (Lipinski definition) is 3. The predicted octanol–water partition coefficient (Wildman–Crippen LogP) is 3.65. The zero-order chi connectivity index (χ0) is 27.0. The number of rotatable bonds is 6. The number of urea groups is 1. The van der Waals surface area contributed by atoms with Crippen LogP contribution in [0.4, 0.5) is 13.6 Å². The Balaban J connectivity index is 0.000000678. The van der Waals surface area contributed by atoms with Crippen LogP contribution < -0.4 is 5.73 Å². The number of carbonyl (C=O) groups is 3. The van der Waals surface area contributed by atoms with Gasteiger partial charge in [0.2, 0.25) is 0 Å². The Bertz CT molecular complexity index is 991. The maximum Gasteiger partial charge on any atom is 0.414 e. The molecule has 0 radical (unpaired) electrons. The van der Waals surface area contributed by atoms with Gasteiger partial charge in [0.05, 0.1) is 19.6 Å². The summed E-state index contributed by atoms with van der Waals surface area (Å²) in [5, 5.41) is 14.8. The Morgan fingerprint density at radius 2 is 1.42 bits per heavy atom. The van der Waals surface area contributed by atoms with E-state index in [4.69, 9.17) is 25.5 Å². The molecule has 0 aromatic heterocycles. The lowest BCUT2D eigenvalue weighted by molar-refractivity contribution is -0.862. The van der Waals surface area contributed by atoms with Crippen LogP contribution >= 0.6 is 0 Å². The number of primary amides is 1. The van der Waals surface area contributed by atoms with Crippen molar-refractivity contribution in [1.82, 2.24) is 4.90 Å². The Morgan fingerprint density at radius 3 is 1.81 bits per heavy atom. The normalized spacial score (nSPS) is 21.9. The van der Waals surface area contributed by atoms with Gasteiger partial charge in [0.15, 0.2) is 0 Å². The number of nitrogens with two attached hydrogens (primary N) is 1. The van der Waals surface area contributed by atoms with Crippen molar-refractivity contribution in [2.75, 3.05) is 26.7 Å². The lowest BCUT2D eigenvalue weighted by Crippen LogP contribution is -2.69. The predicted molar refractivity (Wildman–Crippen MR) is 130 cm³/mol. The van der Waals surface area contributed by atoms with Crippen LogP contribution in [0.2, 0.25) is 0 Å². The molecule has 0 spiro atoms. The van der Waals surface area contributed by atoms with Gasteiger partial charge in [0.25, 0.3) is 0 Å². The molecule has 0 bridgehead atoms. The average Bonchev–Trinajstić information content (AvgIpc) is 2.81. The molecule has 1 heterocycles. The van der Waals surface area contributed by atoms with Gasteiger partial charge in [0.1, 0.15) is 24.2 Å². The highest BCUT2D eigenvalue weighted by molar-refractivity contribution is 6.27. The second-order valence-corrected chi connectivity index (χ2v) is 9.39. The SMILES string of the molecule is CC1C[N@@+](C)(C(N)=O)[C@H](C)CN1CCCC(c1ccc(F)cc1)c1ccc(F)cc1.O=C(O)C(=O)O. The zero-order valence-electron chi connectivity index (χ0n) is 20.7. The summed E-state index contributed by atoms with van der Waals surface area (Å²) >= 11 is 0. The van der Waals surface area contributed by atoms with E-state index in [0.29, 0.717) is 6.54 Å². The number of carbonyl (C=O) groups excluding carboxylic acids is 1. The number of amides is 2. The summed E-state index contributed by atoms with van der Waals surface area (Å²) in [7, 11) is 1.92. The zero-order valence-corrected chi connectivity index (χ0v) is 20.7. The number of halogens is 2. The number of benzene rings is 2. The highest BCUT2D eigenvalue weighted by atomic mass is 19.1. The minimum atomic E-state index is -1.82. The topological polar surface area (TPSA) is 121 Å². The van der Waals surface area contributed by atoms with Crippen LogP contribution in [-0.2, 0) is 9.59 Å². The second kappa shape index (κ2) is 12.5. The fourth-order valence-corrected chi connectivity index (χ4v) is 4.58. The van der Waals surface area contributed by atoms with E-state index in [1.807, 2.05) is 31.3 Å². The highest BCUT2D eigenvalue weighted by Crippen LogP contribution is 2.30. The summed E-state index contributed by atoms with van der Waals surface area (Å²) in [6.07, 6.45) is 1.81. The van der Waals surface area contributed by atoms with E-state index in [9.17, 15) is 13.6 Å². The van der Waals surface area contributed by atoms with Crippen molar-refractivity contribution in [3.63, 3.8) is 0 Å². The largest absolute Gasteiger partial charge is 0.473 e. The lowest BCUT2D eigenvalue weighted by Gasteiger charge is -2.47. The van der Waals surface area contributed by atoms with Crippen molar-refractivity contribution in [1.29, 1.82) is 0 Å².